The zero-order valence-electron chi connectivity index (χ0n) is 13.0. The van der Waals surface area contributed by atoms with Crippen molar-refractivity contribution in [1.29, 1.82) is 0 Å². The molecule has 0 heterocycles. The second-order valence-corrected chi connectivity index (χ2v) is 8.85. The van der Waals surface area contributed by atoms with Gasteiger partial charge in [-0.1, -0.05) is 15.9 Å². The molecule has 4 aliphatic carbocycles. The number of carbonyl (C=O) groups is 1. The molecule has 0 aromatic heterocycles. The predicted molar refractivity (Wildman–Crippen MR) is 91.7 cm³/mol. The van der Waals surface area contributed by atoms with Crippen LogP contribution in [0.15, 0.2) is 28.7 Å². The molecule has 3 heteroatoms. The minimum atomic E-state index is 0.0669. The molecule has 5 rings (SSSR count). The molecule has 1 aromatic rings. The first-order valence-electron chi connectivity index (χ1n) is 8.66. The summed E-state index contributed by atoms with van der Waals surface area (Å²) in [5.74, 6) is 3.05. The van der Waals surface area contributed by atoms with Crippen LogP contribution in [0.2, 0.25) is 0 Å². The fraction of sp³-hybridized carbons (Fsp3) is 0.632. The molecular weight excluding hydrogens is 338 g/mol. The first kappa shape index (κ1) is 14.7. The Morgan fingerprint density at radius 3 is 2.14 bits per heavy atom. The summed E-state index contributed by atoms with van der Waals surface area (Å²) in [4.78, 5) is 12.2. The SMILES string of the molecule is O=C(NCCC12CC3CC(CC(C3)C1)C2)c1ccc(Br)cc1. The minimum absolute atomic E-state index is 0.0669. The Morgan fingerprint density at radius 2 is 1.59 bits per heavy atom. The Morgan fingerprint density at radius 1 is 1.05 bits per heavy atom. The van der Waals surface area contributed by atoms with Gasteiger partial charge in [0.2, 0.25) is 0 Å². The molecule has 0 radical (unpaired) electrons. The molecule has 2 nitrogen and oxygen atoms in total. The van der Waals surface area contributed by atoms with Gasteiger partial charge in [0, 0.05) is 16.6 Å². The summed E-state index contributed by atoms with van der Waals surface area (Å²) in [5, 5.41) is 3.14. The standard InChI is InChI=1S/C19H24BrNO/c20-17-3-1-16(2-4-17)18(22)21-6-5-19-10-13-7-14(11-19)9-15(8-13)12-19/h1-4,13-15H,5-12H2,(H,21,22). The number of amides is 1. The lowest BCUT2D eigenvalue weighted by molar-refractivity contribution is -0.0564. The number of carbonyl (C=O) groups excluding carboxylic acids is 1. The van der Waals surface area contributed by atoms with Crippen LogP contribution >= 0.6 is 15.9 Å². The third-order valence-electron chi connectivity index (χ3n) is 6.21. The van der Waals surface area contributed by atoms with Gasteiger partial charge in [0.1, 0.15) is 0 Å². The highest BCUT2D eigenvalue weighted by Gasteiger charge is 2.50. The zero-order valence-corrected chi connectivity index (χ0v) is 14.6. The quantitative estimate of drug-likeness (QED) is 0.820. The van der Waals surface area contributed by atoms with Crippen LogP contribution in [0.25, 0.3) is 0 Å². The van der Waals surface area contributed by atoms with E-state index in [0.29, 0.717) is 5.41 Å². The van der Waals surface area contributed by atoms with Crippen LogP contribution in [0.1, 0.15) is 55.3 Å². The molecule has 4 bridgehead atoms. The van der Waals surface area contributed by atoms with E-state index in [9.17, 15) is 4.79 Å². The number of hydrogen-bond acceptors (Lipinski definition) is 1. The fourth-order valence-electron chi connectivity index (χ4n) is 5.74. The fourth-order valence-corrected chi connectivity index (χ4v) is 6.01. The molecule has 0 spiro atoms. The van der Waals surface area contributed by atoms with Gasteiger partial charge >= 0.3 is 0 Å². The maximum Gasteiger partial charge on any atom is 0.251 e. The molecule has 1 amide bonds. The normalized spacial score (nSPS) is 35.6. The van der Waals surface area contributed by atoms with E-state index in [-0.39, 0.29) is 5.91 Å². The van der Waals surface area contributed by atoms with Crippen LogP contribution in [0.3, 0.4) is 0 Å². The van der Waals surface area contributed by atoms with Crippen molar-refractivity contribution >= 4 is 21.8 Å². The van der Waals surface area contributed by atoms with Crippen molar-refractivity contribution in [1.82, 2.24) is 5.32 Å². The maximum atomic E-state index is 12.2. The van der Waals surface area contributed by atoms with E-state index >= 15 is 0 Å². The van der Waals surface area contributed by atoms with Crippen LogP contribution in [0.5, 0.6) is 0 Å². The first-order valence-corrected chi connectivity index (χ1v) is 9.45. The van der Waals surface area contributed by atoms with Crippen molar-refractivity contribution < 1.29 is 4.79 Å². The Bertz CT molecular complexity index is 530. The van der Waals surface area contributed by atoms with Gasteiger partial charge in [-0.3, -0.25) is 4.79 Å². The van der Waals surface area contributed by atoms with Crippen LogP contribution in [0, 0.1) is 23.2 Å². The van der Waals surface area contributed by atoms with Gasteiger partial charge < -0.3 is 5.32 Å². The van der Waals surface area contributed by atoms with Gasteiger partial charge in [0.05, 0.1) is 0 Å². The maximum absolute atomic E-state index is 12.2. The predicted octanol–water partition coefficient (Wildman–Crippen LogP) is 4.79. The Labute approximate surface area is 141 Å². The average molecular weight is 362 g/mol. The summed E-state index contributed by atoms with van der Waals surface area (Å²) in [7, 11) is 0. The van der Waals surface area contributed by atoms with E-state index in [1.54, 1.807) is 0 Å². The lowest BCUT2D eigenvalue weighted by Crippen LogP contribution is -2.47. The van der Waals surface area contributed by atoms with E-state index in [4.69, 9.17) is 0 Å². The van der Waals surface area contributed by atoms with Crippen LogP contribution in [0.4, 0.5) is 0 Å². The topological polar surface area (TPSA) is 29.1 Å². The van der Waals surface area contributed by atoms with Crippen molar-refractivity contribution in [2.45, 2.75) is 44.9 Å². The van der Waals surface area contributed by atoms with Crippen molar-refractivity contribution in [3.63, 3.8) is 0 Å². The molecule has 4 aliphatic rings. The van der Waals surface area contributed by atoms with Crippen LogP contribution < -0.4 is 5.32 Å². The summed E-state index contributed by atoms with van der Waals surface area (Å²) in [6.07, 6.45) is 9.92. The zero-order chi connectivity index (χ0) is 15.2. The average Bonchev–Trinajstić information content (AvgIpc) is 2.46. The number of nitrogens with one attached hydrogen (secondary N) is 1. The van der Waals surface area contributed by atoms with E-state index < -0.39 is 0 Å². The van der Waals surface area contributed by atoms with Gasteiger partial charge in [-0.05, 0) is 92.4 Å². The number of rotatable bonds is 4. The molecule has 118 valence electrons. The van der Waals surface area contributed by atoms with Gasteiger partial charge in [-0.15, -0.1) is 0 Å². The van der Waals surface area contributed by atoms with Gasteiger partial charge in [0.25, 0.3) is 5.91 Å². The summed E-state index contributed by atoms with van der Waals surface area (Å²) >= 11 is 3.41. The lowest BCUT2D eigenvalue weighted by Gasteiger charge is -2.57. The third-order valence-corrected chi connectivity index (χ3v) is 6.74. The molecule has 22 heavy (non-hydrogen) atoms. The molecule has 0 atom stereocenters. The highest BCUT2D eigenvalue weighted by atomic mass is 79.9. The summed E-state index contributed by atoms with van der Waals surface area (Å²) in [5.41, 5.74) is 1.32. The summed E-state index contributed by atoms with van der Waals surface area (Å²) in [6.45, 7) is 0.834. The van der Waals surface area contributed by atoms with Gasteiger partial charge in [-0.2, -0.15) is 0 Å². The third kappa shape index (κ3) is 2.84. The Balaban J connectivity index is 1.33. The largest absolute Gasteiger partial charge is 0.352 e. The smallest absolute Gasteiger partial charge is 0.251 e. The minimum Gasteiger partial charge on any atom is -0.352 e. The van der Waals surface area contributed by atoms with Crippen molar-refractivity contribution in [2.75, 3.05) is 6.54 Å². The second kappa shape index (κ2) is 5.67. The van der Waals surface area contributed by atoms with Gasteiger partial charge in [-0.25, -0.2) is 0 Å². The molecular formula is C19H24BrNO. The first-order chi connectivity index (χ1) is 10.6. The molecule has 1 N–H and O–H groups in total. The number of hydrogen-bond donors (Lipinski definition) is 1. The monoisotopic (exact) mass is 361 g/mol. The van der Waals surface area contributed by atoms with E-state index in [2.05, 4.69) is 21.2 Å². The summed E-state index contributed by atoms with van der Waals surface area (Å²) in [6, 6.07) is 7.61. The molecule has 0 saturated heterocycles. The Kier molecular flexibility index (Phi) is 3.80. The molecule has 1 aromatic carbocycles. The molecule has 4 saturated carbocycles. The van der Waals surface area contributed by atoms with E-state index in [1.165, 1.54) is 44.9 Å². The van der Waals surface area contributed by atoms with Crippen LogP contribution in [-0.4, -0.2) is 12.5 Å². The lowest BCUT2D eigenvalue weighted by atomic mass is 9.49. The highest BCUT2D eigenvalue weighted by molar-refractivity contribution is 9.10. The molecule has 0 aliphatic heterocycles. The molecule has 4 fully saturated rings. The van der Waals surface area contributed by atoms with E-state index in [0.717, 1.165) is 34.3 Å². The van der Waals surface area contributed by atoms with Crippen molar-refractivity contribution in [3.05, 3.63) is 34.3 Å². The highest BCUT2D eigenvalue weighted by Crippen LogP contribution is 2.61. The Hall–Kier alpha value is -0.830. The second-order valence-electron chi connectivity index (χ2n) is 7.93. The van der Waals surface area contributed by atoms with Crippen LogP contribution in [-0.2, 0) is 0 Å². The number of benzene rings is 1. The number of halogens is 1. The van der Waals surface area contributed by atoms with E-state index in [1.807, 2.05) is 24.3 Å². The van der Waals surface area contributed by atoms with Crippen molar-refractivity contribution in [3.8, 4) is 0 Å². The van der Waals surface area contributed by atoms with Gasteiger partial charge in [0.15, 0.2) is 0 Å². The molecule has 0 unspecified atom stereocenters. The summed E-state index contributed by atoms with van der Waals surface area (Å²) < 4.78 is 1.01. The van der Waals surface area contributed by atoms with Crippen molar-refractivity contribution in [2.24, 2.45) is 23.2 Å².